The predicted molar refractivity (Wildman–Crippen MR) is 236 cm³/mol. The van der Waals surface area contributed by atoms with Crippen LogP contribution in [-0.2, 0) is 25.0 Å². The van der Waals surface area contributed by atoms with Crippen molar-refractivity contribution in [2.24, 2.45) is 23.2 Å². The first kappa shape index (κ1) is 41.9. The molecule has 1 spiro atoms. The normalized spacial score (nSPS) is 23.2. The van der Waals surface area contributed by atoms with Crippen LogP contribution in [0.15, 0.2) is 60.8 Å². The summed E-state index contributed by atoms with van der Waals surface area (Å²) in [4.78, 5) is 72.5. The van der Waals surface area contributed by atoms with Crippen LogP contribution in [0.3, 0.4) is 0 Å². The lowest BCUT2D eigenvalue weighted by molar-refractivity contribution is -0.139. The van der Waals surface area contributed by atoms with Crippen LogP contribution in [0.1, 0.15) is 108 Å². The summed E-state index contributed by atoms with van der Waals surface area (Å²) < 4.78 is 38.1. The molecule has 3 aliphatic carbocycles. The van der Waals surface area contributed by atoms with E-state index in [-0.39, 0.29) is 70.1 Å². The summed E-state index contributed by atoms with van der Waals surface area (Å²) in [6.07, 6.45) is 6.52. The Bertz CT molecular complexity index is 2720. The monoisotopic (exact) mass is 872 g/mol. The van der Waals surface area contributed by atoms with Gasteiger partial charge in [-0.05, 0) is 108 Å². The van der Waals surface area contributed by atoms with Gasteiger partial charge in [0, 0.05) is 36.2 Å². The number of nitrogens with zero attached hydrogens (tertiary/aromatic N) is 4. The second-order valence-electron chi connectivity index (χ2n) is 19.5. The number of amides is 4. The number of aromatic amines is 2. The predicted octanol–water partition coefficient (Wildman–Crippen LogP) is 8.39. The molecule has 5 aliphatic rings. The van der Waals surface area contributed by atoms with Gasteiger partial charge in [-0.3, -0.25) is 14.4 Å². The third kappa shape index (κ3) is 6.93. The van der Waals surface area contributed by atoms with E-state index < -0.39 is 24.1 Å². The van der Waals surface area contributed by atoms with E-state index in [4.69, 9.17) is 14.7 Å². The summed E-state index contributed by atoms with van der Waals surface area (Å²) in [5, 5.41) is 5.57. The number of alkyl carbamates (subject to hydrolysis) is 1. The largest absolute Gasteiger partial charge is 0.453 e. The highest BCUT2D eigenvalue weighted by atomic mass is 19.3. The average Bonchev–Trinajstić information content (AvgIpc) is 3.93. The molecule has 15 heteroatoms. The zero-order valence-corrected chi connectivity index (χ0v) is 36.9. The number of methoxy groups -OCH3 is 1. The molecule has 2 bridgehead atoms. The summed E-state index contributed by atoms with van der Waals surface area (Å²) in [5.74, 6) is -2.59. The zero-order chi connectivity index (χ0) is 45.0. The van der Waals surface area contributed by atoms with E-state index in [2.05, 4.69) is 20.6 Å². The molecular formula is C49H54F2N8O5. The Morgan fingerprint density at radius 2 is 1.48 bits per heavy atom. The third-order valence-electron chi connectivity index (χ3n) is 14.6. The van der Waals surface area contributed by atoms with Gasteiger partial charge in [0.2, 0.25) is 17.7 Å². The van der Waals surface area contributed by atoms with Crippen molar-refractivity contribution in [3.63, 3.8) is 0 Å². The maximum atomic E-state index is 16.7. The van der Waals surface area contributed by atoms with Crippen molar-refractivity contribution in [3.05, 3.63) is 83.6 Å². The molecule has 5 aromatic rings. The van der Waals surface area contributed by atoms with Crippen molar-refractivity contribution in [3.8, 4) is 33.5 Å². The van der Waals surface area contributed by atoms with E-state index in [0.717, 1.165) is 49.6 Å². The molecule has 2 aliphatic heterocycles. The molecule has 6 unspecified atom stereocenters. The first-order valence-corrected chi connectivity index (χ1v) is 22.5. The molecule has 2 saturated carbocycles. The minimum atomic E-state index is -3.28. The quantitative estimate of drug-likeness (QED) is 0.109. The average molecular weight is 873 g/mol. The summed E-state index contributed by atoms with van der Waals surface area (Å²) in [6, 6.07) is 14.0. The Balaban J connectivity index is 0.900. The van der Waals surface area contributed by atoms with Gasteiger partial charge in [0.15, 0.2) is 0 Å². The van der Waals surface area contributed by atoms with Crippen molar-refractivity contribution >= 4 is 34.8 Å². The van der Waals surface area contributed by atoms with Crippen LogP contribution >= 0.6 is 0 Å². The molecule has 6 atom stereocenters. The molecule has 4 N–H and O–H groups in total. The van der Waals surface area contributed by atoms with Crippen LogP contribution in [0, 0.1) is 23.2 Å². The number of ether oxygens (including phenoxy) is 1. The van der Waals surface area contributed by atoms with Gasteiger partial charge < -0.3 is 35.1 Å². The van der Waals surface area contributed by atoms with E-state index in [1.54, 1.807) is 24.4 Å². The van der Waals surface area contributed by atoms with Gasteiger partial charge in [0.25, 0.3) is 5.92 Å². The minimum Gasteiger partial charge on any atom is -0.453 e. The van der Waals surface area contributed by atoms with Crippen LogP contribution < -0.4 is 10.6 Å². The number of alkyl halides is 2. The van der Waals surface area contributed by atoms with Gasteiger partial charge in [-0.15, -0.1) is 0 Å². The van der Waals surface area contributed by atoms with Crippen molar-refractivity contribution in [2.75, 3.05) is 13.7 Å². The minimum absolute atomic E-state index is 0.0429. The molecule has 13 nitrogen and oxygen atoms in total. The lowest BCUT2D eigenvalue weighted by Gasteiger charge is -2.37. The highest BCUT2D eigenvalue weighted by Crippen LogP contribution is 2.59. The molecule has 4 fully saturated rings. The third-order valence-corrected chi connectivity index (χ3v) is 14.6. The number of nitrogens with one attached hydrogen (secondary N) is 4. The van der Waals surface area contributed by atoms with E-state index in [9.17, 15) is 19.2 Å². The topological polar surface area (TPSA) is 165 Å². The van der Waals surface area contributed by atoms with Crippen molar-refractivity contribution in [1.82, 2.24) is 40.4 Å². The maximum absolute atomic E-state index is 16.7. The number of rotatable bonds is 10. The fourth-order valence-electron chi connectivity index (χ4n) is 11.1. The number of H-pyrrole nitrogens is 2. The Kier molecular flexibility index (Phi) is 9.98. The van der Waals surface area contributed by atoms with Gasteiger partial charge in [0.1, 0.15) is 23.7 Å². The molecule has 2 saturated heterocycles. The molecule has 3 aromatic carbocycles. The number of imidazole rings is 2. The lowest BCUT2D eigenvalue weighted by Crippen LogP contribution is -2.54. The summed E-state index contributed by atoms with van der Waals surface area (Å²) in [7, 11) is 1.28. The van der Waals surface area contributed by atoms with Crippen LogP contribution in [0.5, 0.6) is 0 Å². The van der Waals surface area contributed by atoms with Gasteiger partial charge in [-0.1, -0.05) is 58.0 Å². The first-order chi connectivity index (χ1) is 30.6. The Morgan fingerprint density at radius 1 is 0.828 bits per heavy atom. The number of hydrogen-bond donors (Lipinski definition) is 4. The number of carbonyl (C=O) groups excluding carboxylic acids is 4. The van der Waals surface area contributed by atoms with E-state index in [1.165, 1.54) is 20.1 Å². The molecule has 0 radical (unpaired) electrons. The number of fused-ring (bicyclic) bond motifs is 6. The van der Waals surface area contributed by atoms with Gasteiger partial charge in [-0.2, -0.15) is 8.78 Å². The summed E-state index contributed by atoms with van der Waals surface area (Å²) in [5.41, 5.74) is 4.80. The van der Waals surface area contributed by atoms with Crippen LogP contribution in [0.2, 0.25) is 0 Å². The highest BCUT2D eigenvalue weighted by Gasteiger charge is 2.55. The van der Waals surface area contributed by atoms with E-state index in [1.807, 2.05) is 67.8 Å². The summed E-state index contributed by atoms with van der Waals surface area (Å²) >= 11 is 0. The molecule has 4 amide bonds. The Morgan fingerprint density at radius 3 is 2.16 bits per heavy atom. The van der Waals surface area contributed by atoms with Gasteiger partial charge >= 0.3 is 6.09 Å². The van der Waals surface area contributed by atoms with Crippen LogP contribution in [0.4, 0.5) is 13.6 Å². The second kappa shape index (κ2) is 15.3. The summed E-state index contributed by atoms with van der Waals surface area (Å²) in [6.45, 7) is 9.63. The molecule has 4 heterocycles. The first-order valence-electron chi connectivity index (χ1n) is 22.5. The van der Waals surface area contributed by atoms with Crippen molar-refractivity contribution in [2.45, 2.75) is 109 Å². The van der Waals surface area contributed by atoms with Crippen molar-refractivity contribution in [1.29, 1.82) is 0 Å². The Hall–Kier alpha value is -6.12. The molecular weight excluding hydrogens is 819 g/mol. The van der Waals surface area contributed by atoms with E-state index in [0.29, 0.717) is 51.7 Å². The van der Waals surface area contributed by atoms with Gasteiger partial charge in [-0.25, -0.2) is 14.8 Å². The van der Waals surface area contributed by atoms with Crippen molar-refractivity contribution < 1.29 is 32.7 Å². The SMILES string of the molecule is COC(=O)NC(C(=O)N1C2CCC(C2)C1c1nc2ccc(-c3ccc4c(c3)C(F)(F)c3cc(-c5cnc(C6CC7(CC7)CN6C(=O)C(NC(C)=O)C(C)C)[nH]5)ccc3-4)cc2[nH]1)C(C)C. The standard InChI is InChI=1S/C49H54F2N8O5/c1-24(2)40(53-26(5)60)45(61)58-23-48(15-16-48)21-39(58)43-52-22-38(56-43)29-9-13-33-32-12-8-27(18-34(32)49(50,51)35(33)19-29)28-10-14-36-37(20-28)55-44(54-36)42-30-7-11-31(17-30)59(42)46(62)41(25(3)4)57-47(63)64-6/h8-10,12-14,18-20,22,24-25,30-31,39-42H,7,11,15-17,21,23H2,1-6H3,(H,52,56)(H,53,60)(H,54,55)(H,57,63). The Labute approximate surface area is 370 Å². The molecule has 334 valence electrons. The zero-order valence-electron chi connectivity index (χ0n) is 36.9. The second-order valence-corrected chi connectivity index (χ2v) is 19.5. The molecule has 64 heavy (non-hydrogen) atoms. The number of halogens is 2. The number of likely N-dealkylation sites (tertiary alicyclic amines) is 2. The van der Waals surface area contributed by atoms with Crippen LogP contribution in [-0.4, -0.2) is 85.3 Å². The number of hydrogen-bond acceptors (Lipinski definition) is 7. The van der Waals surface area contributed by atoms with E-state index >= 15 is 8.78 Å². The number of carbonyl (C=O) groups is 4. The fourth-order valence-corrected chi connectivity index (χ4v) is 11.1. The smallest absolute Gasteiger partial charge is 0.407 e. The lowest BCUT2D eigenvalue weighted by atomic mass is 9.95. The van der Waals surface area contributed by atoms with Crippen LogP contribution in [0.25, 0.3) is 44.5 Å². The highest BCUT2D eigenvalue weighted by molar-refractivity contribution is 5.90. The number of piperidine rings is 1. The number of benzene rings is 3. The molecule has 2 aromatic heterocycles. The maximum Gasteiger partial charge on any atom is 0.407 e. The molecule has 10 rings (SSSR count). The van der Waals surface area contributed by atoms with Gasteiger partial charge in [0.05, 0.1) is 42.1 Å². The number of aromatic nitrogens is 4. The fraction of sp³-hybridized carbons (Fsp3) is 0.469.